The summed E-state index contributed by atoms with van der Waals surface area (Å²) in [6.07, 6.45) is -4.45. The van der Waals surface area contributed by atoms with Crippen LogP contribution in [0.4, 0.5) is 13.2 Å². The Kier molecular flexibility index (Phi) is 4.84. The molecule has 0 bridgehead atoms. The Labute approximate surface area is 152 Å². The molecule has 0 saturated carbocycles. The van der Waals surface area contributed by atoms with Crippen LogP contribution in [0.25, 0.3) is 11.0 Å². The number of fused-ring (bicyclic) bond motifs is 1. The molecule has 26 heavy (non-hydrogen) atoms. The van der Waals surface area contributed by atoms with Crippen LogP contribution >= 0.6 is 11.3 Å². The molecule has 0 aliphatic heterocycles. The number of thiophene rings is 1. The maximum absolute atomic E-state index is 13.0. The van der Waals surface area contributed by atoms with Crippen LogP contribution in [0.3, 0.4) is 0 Å². The summed E-state index contributed by atoms with van der Waals surface area (Å²) in [6.45, 7) is 3.74. The van der Waals surface area contributed by atoms with Gasteiger partial charge in [0.1, 0.15) is 10.0 Å². The molecule has 0 saturated heterocycles. The van der Waals surface area contributed by atoms with Crippen molar-refractivity contribution in [3.8, 4) is 0 Å². The molecule has 5 nitrogen and oxygen atoms in total. The largest absolute Gasteiger partial charge is 0.416 e. The molecule has 0 aliphatic carbocycles. The number of hydrogen-bond acceptors (Lipinski definition) is 4. The number of rotatable bonds is 5. The van der Waals surface area contributed by atoms with Crippen LogP contribution in [-0.4, -0.2) is 18.0 Å². The Balaban J connectivity index is 2.02. The zero-order valence-corrected chi connectivity index (χ0v) is 15.5. The summed E-state index contributed by atoms with van der Waals surface area (Å²) in [5, 5.41) is 1.65. The maximum Gasteiger partial charge on any atom is 0.416 e. The van der Waals surface area contributed by atoms with Gasteiger partial charge in [-0.05, 0) is 43.5 Å². The van der Waals surface area contributed by atoms with Gasteiger partial charge >= 0.3 is 6.18 Å². The molecule has 1 atom stereocenters. The van der Waals surface area contributed by atoms with Gasteiger partial charge in [-0.2, -0.15) is 13.2 Å². The molecular weight excluding hydrogens is 387 g/mol. The van der Waals surface area contributed by atoms with E-state index in [9.17, 15) is 21.6 Å². The molecule has 0 unspecified atom stereocenters. The van der Waals surface area contributed by atoms with E-state index in [1.807, 2.05) is 0 Å². The van der Waals surface area contributed by atoms with Crippen LogP contribution in [0.2, 0.25) is 0 Å². The number of sulfonamides is 1. The van der Waals surface area contributed by atoms with Gasteiger partial charge in [-0.15, -0.1) is 11.3 Å². The van der Waals surface area contributed by atoms with Gasteiger partial charge in [0, 0.05) is 6.54 Å². The normalized spacial score (nSPS) is 14.0. The smallest absolute Gasteiger partial charge is 0.327 e. The molecule has 1 N–H and O–H groups in total. The zero-order chi connectivity index (χ0) is 19.1. The summed E-state index contributed by atoms with van der Waals surface area (Å²) in [5.41, 5.74) is -0.0607. The van der Waals surface area contributed by atoms with Gasteiger partial charge < -0.3 is 4.57 Å². The van der Waals surface area contributed by atoms with Crippen molar-refractivity contribution in [2.45, 2.75) is 36.8 Å². The van der Waals surface area contributed by atoms with Crippen molar-refractivity contribution in [2.75, 3.05) is 0 Å². The minimum atomic E-state index is -4.45. The number of aryl methyl sites for hydroxylation is 1. The summed E-state index contributed by atoms with van der Waals surface area (Å²) in [4.78, 5) is 4.34. The minimum absolute atomic E-state index is 0.169. The van der Waals surface area contributed by atoms with Crippen molar-refractivity contribution < 1.29 is 21.6 Å². The molecule has 0 fully saturated rings. The fraction of sp³-hybridized carbons (Fsp3) is 0.312. The summed E-state index contributed by atoms with van der Waals surface area (Å²) in [7, 11) is -3.72. The van der Waals surface area contributed by atoms with Gasteiger partial charge in [0.2, 0.25) is 0 Å². The lowest BCUT2D eigenvalue weighted by Gasteiger charge is -2.15. The summed E-state index contributed by atoms with van der Waals surface area (Å²) in [5.74, 6) is 0.363. The lowest BCUT2D eigenvalue weighted by molar-refractivity contribution is -0.137. The SMILES string of the molecule is CCn1c([C@@H](C)NS(=O)(=O)c2cccs2)nc2ccc(C(F)(F)F)cc21. The predicted molar refractivity (Wildman–Crippen MR) is 93.5 cm³/mol. The van der Waals surface area contributed by atoms with Gasteiger partial charge in [-0.3, -0.25) is 0 Å². The van der Waals surface area contributed by atoms with E-state index in [-0.39, 0.29) is 4.21 Å². The molecule has 0 amide bonds. The number of nitrogens with zero attached hydrogens (tertiary/aromatic N) is 2. The first-order valence-electron chi connectivity index (χ1n) is 7.76. The molecule has 3 aromatic rings. The monoisotopic (exact) mass is 403 g/mol. The summed E-state index contributed by atoms with van der Waals surface area (Å²) in [6, 6.07) is 5.72. The second-order valence-corrected chi connectivity index (χ2v) is 8.58. The van der Waals surface area contributed by atoms with Crippen LogP contribution in [0.5, 0.6) is 0 Å². The van der Waals surface area contributed by atoms with Crippen LogP contribution in [0.15, 0.2) is 39.9 Å². The van der Waals surface area contributed by atoms with E-state index in [1.54, 1.807) is 29.9 Å². The molecule has 140 valence electrons. The van der Waals surface area contributed by atoms with Gasteiger partial charge in [-0.25, -0.2) is 18.1 Å². The van der Waals surface area contributed by atoms with E-state index in [4.69, 9.17) is 0 Å². The maximum atomic E-state index is 13.0. The molecule has 0 aliphatic rings. The summed E-state index contributed by atoms with van der Waals surface area (Å²) >= 11 is 1.08. The molecule has 0 spiro atoms. The Hall–Kier alpha value is -1.91. The highest BCUT2D eigenvalue weighted by Gasteiger charge is 2.31. The number of hydrogen-bond donors (Lipinski definition) is 1. The van der Waals surface area contributed by atoms with Gasteiger partial charge in [0.15, 0.2) is 0 Å². The molecule has 3 rings (SSSR count). The van der Waals surface area contributed by atoms with Crippen LogP contribution in [0.1, 0.15) is 31.3 Å². The van der Waals surface area contributed by atoms with E-state index in [0.29, 0.717) is 23.4 Å². The fourth-order valence-electron chi connectivity index (χ4n) is 2.74. The second kappa shape index (κ2) is 6.67. The van der Waals surface area contributed by atoms with Crippen molar-refractivity contribution in [1.82, 2.24) is 14.3 Å². The van der Waals surface area contributed by atoms with Crippen LogP contribution in [-0.2, 0) is 22.7 Å². The minimum Gasteiger partial charge on any atom is -0.327 e. The molecule has 2 aromatic heterocycles. The number of alkyl halides is 3. The van der Waals surface area contributed by atoms with E-state index in [0.717, 1.165) is 23.5 Å². The highest BCUT2D eigenvalue weighted by molar-refractivity contribution is 7.91. The van der Waals surface area contributed by atoms with E-state index < -0.39 is 27.8 Å². The van der Waals surface area contributed by atoms with Crippen LogP contribution in [0, 0.1) is 0 Å². The lowest BCUT2D eigenvalue weighted by Crippen LogP contribution is -2.28. The highest BCUT2D eigenvalue weighted by Crippen LogP contribution is 2.32. The Morgan fingerprint density at radius 2 is 2.04 bits per heavy atom. The number of halogens is 3. The Morgan fingerprint density at radius 3 is 2.62 bits per heavy atom. The predicted octanol–water partition coefficient (Wildman–Crippen LogP) is 4.18. The van der Waals surface area contributed by atoms with E-state index in [2.05, 4.69) is 9.71 Å². The van der Waals surface area contributed by atoms with Crippen molar-refractivity contribution in [3.63, 3.8) is 0 Å². The number of nitrogens with one attached hydrogen (secondary N) is 1. The first-order chi connectivity index (χ1) is 12.1. The van der Waals surface area contributed by atoms with Crippen molar-refractivity contribution in [3.05, 3.63) is 47.1 Å². The standard InChI is InChI=1S/C16H16F3N3O2S2/c1-3-22-13-9-11(16(17,18)19)6-7-12(13)20-15(22)10(2)21-26(23,24)14-5-4-8-25-14/h4-10,21H,3H2,1-2H3/t10-/m1/s1. The molecule has 2 heterocycles. The first-order valence-corrected chi connectivity index (χ1v) is 10.1. The quantitative estimate of drug-likeness (QED) is 0.695. The average Bonchev–Trinajstić information content (AvgIpc) is 3.20. The van der Waals surface area contributed by atoms with Crippen molar-refractivity contribution in [2.24, 2.45) is 0 Å². The summed E-state index contributed by atoms with van der Waals surface area (Å²) < 4.78 is 68.0. The number of aromatic nitrogens is 2. The van der Waals surface area contributed by atoms with Crippen LogP contribution < -0.4 is 4.72 Å². The number of benzene rings is 1. The third kappa shape index (κ3) is 3.49. The van der Waals surface area contributed by atoms with E-state index >= 15 is 0 Å². The van der Waals surface area contributed by atoms with Gasteiger partial charge in [0.05, 0.1) is 22.6 Å². The molecule has 10 heteroatoms. The third-order valence-electron chi connectivity index (χ3n) is 3.90. The topological polar surface area (TPSA) is 64.0 Å². The molecular formula is C16H16F3N3O2S2. The first kappa shape index (κ1) is 18.9. The fourth-order valence-corrected chi connectivity index (χ4v) is 4.95. The third-order valence-corrected chi connectivity index (χ3v) is 6.84. The Bertz CT molecular complexity index is 1030. The van der Waals surface area contributed by atoms with Gasteiger partial charge in [-0.1, -0.05) is 6.07 Å². The second-order valence-electron chi connectivity index (χ2n) is 5.69. The average molecular weight is 403 g/mol. The molecule has 0 radical (unpaired) electrons. The van der Waals surface area contributed by atoms with Crippen molar-refractivity contribution >= 4 is 32.4 Å². The highest BCUT2D eigenvalue weighted by atomic mass is 32.2. The van der Waals surface area contributed by atoms with Crippen molar-refractivity contribution in [1.29, 1.82) is 0 Å². The lowest BCUT2D eigenvalue weighted by atomic mass is 10.2. The molecule has 1 aromatic carbocycles. The van der Waals surface area contributed by atoms with Gasteiger partial charge in [0.25, 0.3) is 10.0 Å². The zero-order valence-electron chi connectivity index (χ0n) is 13.9. The number of imidazole rings is 1. The van der Waals surface area contributed by atoms with E-state index in [1.165, 1.54) is 12.1 Å². The Morgan fingerprint density at radius 1 is 1.31 bits per heavy atom.